The summed E-state index contributed by atoms with van der Waals surface area (Å²) in [5, 5.41) is 5.44. The fourth-order valence-electron chi connectivity index (χ4n) is 2.09. The first kappa shape index (κ1) is 18.8. The number of halogens is 1. The van der Waals surface area contributed by atoms with Gasteiger partial charge in [-0.3, -0.25) is 9.59 Å². The highest BCUT2D eigenvalue weighted by Crippen LogP contribution is 2.28. The smallest absolute Gasteiger partial charge is 0.225 e. The lowest BCUT2D eigenvalue weighted by Gasteiger charge is -2.12. The normalized spacial score (nSPS) is 10.2. The Kier molecular flexibility index (Phi) is 6.82. The van der Waals surface area contributed by atoms with Crippen LogP contribution in [0.1, 0.15) is 13.3 Å². The number of thioether (sulfide) groups is 1. The van der Waals surface area contributed by atoms with Crippen molar-refractivity contribution in [3.63, 3.8) is 0 Å². The summed E-state index contributed by atoms with van der Waals surface area (Å²) < 4.78 is 18.1. The molecule has 25 heavy (non-hydrogen) atoms. The van der Waals surface area contributed by atoms with Gasteiger partial charge in [-0.2, -0.15) is 0 Å². The maximum atomic E-state index is 12.9. The van der Waals surface area contributed by atoms with Crippen LogP contribution in [0, 0.1) is 5.82 Å². The number of amides is 2. The van der Waals surface area contributed by atoms with Crippen molar-refractivity contribution in [2.75, 3.05) is 23.5 Å². The molecule has 2 aromatic carbocycles. The van der Waals surface area contributed by atoms with E-state index >= 15 is 0 Å². The molecule has 5 nitrogen and oxygen atoms in total. The molecule has 0 spiro atoms. The molecule has 2 amide bonds. The number of rotatable bonds is 7. The lowest BCUT2D eigenvalue weighted by atomic mass is 10.2. The summed E-state index contributed by atoms with van der Waals surface area (Å²) in [6.45, 7) is 1.41. The molecule has 0 saturated carbocycles. The Labute approximate surface area is 150 Å². The van der Waals surface area contributed by atoms with Gasteiger partial charge in [0.05, 0.1) is 12.8 Å². The van der Waals surface area contributed by atoms with Crippen molar-refractivity contribution in [2.45, 2.75) is 18.2 Å². The second-order valence-electron chi connectivity index (χ2n) is 5.20. The van der Waals surface area contributed by atoms with E-state index in [2.05, 4.69) is 10.6 Å². The molecule has 0 aromatic heterocycles. The molecule has 0 aliphatic rings. The van der Waals surface area contributed by atoms with Crippen molar-refractivity contribution in [1.82, 2.24) is 0 Å². The predicted molar refractivity (Wildman–Crippen MR) is 97.7 cm³/mol. The summed E-state index contributed by atoms with van der Waals surface area (Å²) >= 11 is 1.47. The predicted octanol–water partition coefficient (Wildman–Crippen LogP) is 3.91. The summed E-state index contributed by atoms with van der Waals surface area (Å²) in [4.78, 5) is 24.2. The van der Waals surface area contributed by atoms with Crippen LogP contribution in [-0.4, -0.2) is 24.7 Å². The zero-order chi connectivity index (χ0) is 18.2. The number of benzene rings is 2. The zero-order valence-electron chi connectivity index (χ0n) is 14.0. The molecule has 0 aliphatic carbocycles. The lowest BCUT2D eigenvalue weighted by molar-refractivity contribution is -0.116. The number of anilines is 2. The minimum Gasteiger partial charge on any atom is -0.495 e. The third-order valence-corrected chi connectivity index (χ3v) is 4.22. The number of methoxy groups -OCH3 is 1. The molecule has 0 unspecified atom stereocenters. The lowest BCUT2D eigenvalue weighted by Crippen LogP contribution is -2.13. The van der Waals surface area contributed by atoms with Crippen LogP contribution in [-0.2, 0) is 9.59 Å². The SMILES string of the molecule is COc1ccc(NC(C)=O)cc1NC(=O)CCSc1ccc(F)cc1. The molecule has 2 aromatic rings. The Bertz CT molecular complexity index is 750. The van der Waals surface area contributed by atoms with Crippen molar-refractivity contribution in [3.05, 3.63) is 48.3 Å². The average Bonchev–Trinajstić information content (AvgIpc) is 2.56. The molecule has 0 saturated heterocycles. The maximum absolute atomic E-state index is 12.9. The van der Waals surface area contributed by atoms with Gasteiger partial charge in [-0.15, -0.1) is 11.8 Å². The molecule has 0 atom stereocenters. The summed E-state index contributed by atoms with van der Waals surface area (Å²) in [5.41, 5.74) is 1.06. The standard InChI is InChI=1S/C18H19FN2O3S/c1-12(22)20-14-5-8-17(24-2)16(11-14)21-18(23)9-10-25-15-6-3-13(19)4-7-15/h3-8,11H,9-10H2,1-2H3,(H,20,22)(H,21,23). The summed E-state index contributed by atoms with van der Waals surface area (Å²) in [6.07, 6.45) is 0.287. The van der Waals surface area contributed by atoms with Gasteiger partial charge < -0.3 is 15.4 Å². The van der Waals surface area contributed by atoms with Crippen LogP contribution < -0.4 is 15.4 Å². The number of carbonyl (C=O) groups is 2. The van der Waals surface area contributed by atoms with E-state index in [1.807, 2.05) is 0 Å². The van der Waals surface area contributed by atoms with Crippen LogP contribution in [0.3, 0.4) is 0 Å². The van der Waals surface area contributed by atoms with E-state index in [0.29, 0.717) is 22.9 Å². The van der Waals surface area contributed by atoms with E-state index < -0.39 is 0 Å². The third kappa shape index (κ3) is 6.11. The number of carbonyl (C=O) groups excluding carboxylic acids is 2. The molecule has 0 radical (unpaired) electrons. The maximum Gasteiger partial charge on any atom is 0.225 e. The molecule has 132 valence electrons. The van der Waals surface area contributed by atoms with Crippen LogP contribution in [0.15, 0.2) is 47.4 Å². The molecule has 0 bridgehead atoms. The van der Waals surface area contributed by atoms with Gasteiger partial charge >= 0.3 is 0 Å². The van der Waals surface area contributed by atoms with Gasteiger partial charge in [0, 0.05) is 29.7 Å². The molecule has 7 heteroatoms. The number of hydrogen-bond acceptors (Lipinski definition) is 4. The second kappa shape index (κ2) is 9.08. The van der Waals surface area contributed by atoms with Gasteiger partial charge in [0.1, 0.15) is 11.6 Å². The molecule has 2 rings (SSSR count). The van der Waals surface area contributed by atoms with E-state index in [0.717, 1.165) is 4.90 Å². The van der Waals surface area contributed by atoms with Gasteiger partial charge in [-0.25, -0.2) is 4.39 Å². The Balaban J connectivity index is 1.92. The molecule has 0 aliphatic heterocycles. The Morgan fingerprint density at radius 3 is 2.48 bits per heavy atom. The average molecular weight is 362 g/mol. The Morgan fingerprint density at radius 1 is 1.12 bits per heavy atom. The summed E-state index contributed by atoms with van der Waals surface area (Å²) in [5.74, 6) is 0.415. The van der Waals surface area contributed by atoms with E-state index in [1.165, 1.54) is 37.9 Å². The second-order valence-corrected chi connectivity index (χ2v) is 6.37. The first-order valence-corrected chi connectivity index (χ1v) is 8.60. The van der Waals surface area contributed by atoms with Crippen LogP contribution in [0.4, 0.5) is 15.8 Å². The highest BCUT2D eigenvalue weighted by atomic mass is 32.2. The van der Waals surface area contributed by atoms with Crippen LogP contribution in [0.2, 0.25) is 0 Å². The van der Waals surface area contributed by atoms with Crippen LogP contribution in [0.25, 0.3) is 0 Å². The van der Waals surface area contributed by atoms with E-state index in [4.69, 9.17) is 4.74 Å². The topological polar surface area (TPSA) is 67.4 Å². The van der Waals surface area contributed by atoms with Crippen molar-refractivity contribution >= 4 is 35.0 Å². The van der Waals surface area contributed by atoms with Crippen molar-refractivity contribution in [2.24, 2.45) is 0 Å². The third-order valence-electron chi connectivity index (χ3n) is 3.21. The van der Waals surface area contributed by atoms with Gasteiger partial charge in [-0.1, -0.05) is 0 Å². The quantitative estimate of drug-likeness (QED) is 0.733. The number of ether oxygens (including phenoxy) is 1. The largest absolute Gasteiger partial charge is 0.495 e. The fourth-order valence-corrected chi connectivity index (χ4v) is 2.94. The minimum absolute atomic E-state index is 0.173. The summed E-state index contributed by atoms with van der Waals surface area (Å²) in [7, 11) is 1.51. The van der Waals surface area contributed by atoms with Crippen molar-refractivity contribution in [3.8, 4) is 5.75 Å². The first-order chi connectivity index (χ1) is 12.0. The highest BCUT2D eigenvalue weighted by molar-refractivity contribution is 7.99. The van der Waals surface area contributed by atoms with Crippen molar-refractivity contribution < 1.29 is 18.7 Å². The first-order valence-electron chi connectivity index (χ1n) is 7.62. The number of nitrogens with one attached hydrogen (secondary N) is 2. The van der Waals surface area contributed by atoms with E-state index in [-0.39, 0.29) is 24.1 Å². The van der Waals surface area contributed by atoms with Gasteiger partial charge in [0.15, 0.2) is 0 Å². The summed E-state index contributed by atoms with van der Waals surface area (Å²) in [6, 6.07) is 11.1. The minimum atomic E-state index is -0.284. The molecule has 2 N–H and O–H groups in total. The van der Waals surface area contributed by atoms with Gasteiger partial charge in [0.2, 0.25) is 11.8 Å². The highest BCUT2D eigenvalue weighted by Gasteiger charge is 2.09. The number of hydrogen-bond donors (Lipinski definition) is 2. The van der Waals surface area contributed by atoms with Crippen LogP contribution in [0.5, 0.6) is 5.75 Å². The van der Waals surface area contributed by atoms with Crippen molar-refractivity contribution in [1.29, 1.82) is 0 Å². The fraction of sp³-hybridized carbons (Fsp3) is 0.222. The van der Waals surface area contributed by atoms with Crippen LogP contribution >= 0.6 is 11.8 Å². The Morgan fingerprint density at radius 2 is 1.84 bits per heavy atom. The zero-order valence-corrected chi connectivity index (χ0v) is 14.8. The van der Waals surface area contributed by atoms with Gasteiger partial charge in [0.25, 0.3) is 0 Å². The molecular formula is C18H19FN2O3S. The van der Waals surface area contributed by atoms with E-state index in [9.17, 15) is 14.0 Å². The Hall–Kier alpha value is -2.54. The monoisotopic (exact) mass is 362 g/mol. The molecular weight excluding hydrogens is 343 g/mol. The molecule has 0 heterocycles. The van der Waals surface area contributed by atoms with E-state index in [1.54, 1.807) is 30.3 Å². The molecule has 0 fully saturated rings. The van der Waals surface area contributed by atoms with Gasteiger partial charge in [-0.05, 0) is 42.5 Å².